The first-order valence-corrected chi connectivity index (χ1v) is 7.13. The Morgan fingerprint density at radius 2 is 1.86 bits per heavy atom. The number of nitrogens with two attached hydrogens (primary N) is 1. The predicted molar refractivity (Wildman–Crippen MR) is 83.9 cm³/mol. The molecule has 0 saturated heterocycles. The number of rotatable bonds is 5. The quantitative estimate of drug-likeness (QED) is 0.916. The lowest BCUT2D eigenvalue weighted by atomic mass is 10.2. The van der Waals surface area contributed by atoms with Gasteiger partial charge in [0.25, 0.3) is 0 Å². The van der Waals surface area contributed by atoms with Gasteiger partial charge in [-0.05, 0) is 23.3 Å². The molecule has 0 radical (unpaired) electrons. The highest BCUT2D eigenvalue weighted by atomic mass is 16.5. The molecule has 0 bridgehead atoms. The summed E-state index contributed by atoms with van der Waals surface area (Å²) in [5.41, 5.74) is 8.05. The van der Waals surface area contributed by atoms with Gasteiger partial charge in [0.15, 0.2) is 0 Å². The van der Waals surface area contributed by atoms with Crippen molar-refractivity contribution in [2.75, 3.05) is 6.54 Å². The zero-order valence-electron chi connectivity index (χ0n) is 11.9. The molecule has 4 nitrogen and oxygen atoms in total. The van der Waals surface area contributed by atoms with Gasteiger partial charge in [0.05, 0.1) is 6.54 Å². The van der Waals surface area contributed by atoms with Gasteiger partial charge in [-0.3, -0.25) is 5.01 Å². The van der Waals surface area contributed by atoms with Crippen LogP contribution in [0.3, 0.4) is 0 Å². The number of nitrogens with zero attached hydrogens (tertiary/aromatic N) is 2. The van der Waals surface area contributed by atoms with Gasteiger partial charge in [0.2, 0.25) is 0 Å². The highest BCUT2D eigenvalue weighted by molar-refractivity contribution is 5.81. The van der Waals surface area contributed by atoms with E-state index in [1.165, 1.54) is 11.1 Å². The average Bonchev–Trinajstić information content (AvgIpc) is 2.92. The molecule has 0 amide bonds. The van der Waals surface area contributed by atoms with Crippen molar-refractivity contribution in [3.63, 3.8) is 0 Å². The third-order valence-corrected chi connectivity index (χ3v) is 3.41. The second kappa shape index (κ2) is 6.31. The molecule has 1 aliphatic heterocycles. The van der Waals surface area contributed by atoms with E-state index in [1.54, 1.807) is 0 Å². The average molecular weight is 281 g/mol. The highest BCUT2D eigenvalue weighted by Gasteiger charge is 2.11. The van der Waals surface area contributed by atoms with Gasteiger partial charge in [0.1, 0.15) is 18.2 Å². The summed E-state index contributed by atoms with van der Waals surface area (Å²) in [6.45, 7) is 2.24. The fourth-order valence-electron chi connectivity index (χ4n) is 2.32. The van der Waals surface area contributed by atoms with Gasteiger partial charge in [-0.25, -0.2) is 0 Å². The van der Waals surface area contributed by atoms with Crippen LogP contribution in [0.2, 0.25) is 0 Å². The molecule has 0 aromatic heterocycles. The Hall–Kier alpha value is -2.49. The van der Waals surface area contributed by atoms with Crippen molar-refractivity contribution in [2.24, 2.45) is 10.8 Å². The minimum Gasteiger partial charge on any atom is -0.489 e. The van der Waals surface area contributed by atoms with E-state index < -0.39 is 0 Å². The van der Waals surface area contributed by atoms with Crippen LogP contribution in [0.4, 0.5) is 0 Å². The summed E-state index contributed by atoms with van der Waals surface area (Å²) in [5, 5.41) is 6.29. The summed E-state index contributed by atoms with van der Waals surface area (Å²) < 4.78 is 5.84. The van der Waals surface area contributed by atoms with Crippen LogP contribution >= 0.6 is 0 Å². The zero-order valence-corrected chi connectivity index (χ0v) is 11.9. The molecular formula is C17H19N3O. The predicted octanol–water partition coefficient (Wildman–Crippen LogP) is 2.74. The maximum Gasteiger partial charge on any atom is 0.121 e. The van der Waals surface area contributed by atoms with Crippen molar-refractivity contribution in [2.45, 2.75) is 19.6 Å². The minimum atomic E-state index is 0.582. The molecule has 1 aliphatic rings. The van der Waals surface area contributed by atoms with E-state index in [1.807, 2.05) is 35.3 Å². The molecule has 2 N–H and O–H groups in total. The number of hydrazone groups is 1. The van der Waals surface area contributed by atoms with Crippen LogP contribution in [0.25, 0.3) is 0 Å². The van der Waals surface area contributed by atoms with Crippen LogP contribution in [0.1, 0.15) is 17.5 Å². The summed E-state index contributed by atoms with van der Waals surface area (Å²) in [4.78, 5) is 0. The number of hydrogen-bond acceptors (Lipinski definition) is 4. The molecule has 1 heterocycles. The van der Waals surface area contributed by atoms with Crippen LogP contribution in [-0.4, -0.2) is 17.4 Å². The van der Waals surface area contributed by atoms with E-state index in [2.05, 4.69) is 29.4 Å². The van der Waals surface area contributed by atoms with E-state index in [4.69, 9.17) is 10.5 Å². The Labute approximate surface area is 124 Å². The van der Waals surface area contributed by atoms with Crippen molar-refractivity contribution in [1.29, 1.82) is 0 Å². The third-order valence-electron chi connectivity index (χ3n) is 3.41. The Balaban J connectivity index is 1.60. The molecule has 4 heteroatoms. The normalized spacial score (nSPS) is 14.1. The Kier molecular flexibility index (Phi) is 4.05. The number of ether oxygens (including phenoxy) is 1. The summed E-state index contributed by atoms with van der Waals surface area (Å²) in [7, 11) is 0. The fraction of sp³-hybridized carbons (Fsp3) is 0.235. The van der Waals surface area contributed by atoms with Crippen LogP contribution in [-0.2, 0) is 13.2 Å². The lowest BCUT2D eigenvalue weighted by Crippen LogP contribution is -2.13. The topological polar surface area (TPSA) is 50.8 Å². The largest absolute Gasteiger partial charge is 0.489 e. The molecule has 108 valence electrons. The maximum atomic E-state index is 5.84. The lowest BCUT2D eigenvalue weighted by Gasteiger charge is -2.14. The molecule has 21 heavy (non-hydrogen) atoms. The molecule has 0 fully saturated rings. The van der Waals surface area contributed by atoms with Gasteiger partial charge in [0, 0.05) is 13.0 Å². The SMILES string of the molecule is NC1=NN(Cc2cccc(OCc3ccccc3)c2)CC1. The summed E-state index contributed by atoms with van der Waals surface area (Å²) >= 11 is 0. The van der Waals surface area contributed by atoms with Crippen LogP contribution in [0, 0.1) is 0 Å². The van der Waals surface area contributed by atoms with Crippen molar-refractivity contribution < 1.29 is 4.74 Å². The maximum absolute atomic E-state index is 5.84. The molecule has 0 saturated carbocycles. The fourth-order valence-corrected chi connectivity index (χ4v) is 2.32. The first kappa shape index (κ1) is 13.5. The van der Waals surface area contributed by atoms with E-state index in [0.29, 0.717) is 12.4 Å². The van der Waals surface area contributed by atoms with E-state index in [-0.39, 0.29) is 0 Å². The van der Waals surface area contributed by atoms with Crippen molar-refractivity contribution in [1.82, 2.24) is 5.01 Å². The zero-order chi connectivity index (χ0) is 14.5. The standard InChI is InChI=1S/C17H19N3O/c18-17-9-10-20(19-17)12-15-7-4-8-16(11-15)21-13-14-5-2-1-3-6-14/h1-8,11H,9-10,12-13H2,(H2,18,19). The lowest BCUT2D eigenvalue weighted by molar-refractivity contribution is 0.299. The number of benzene rings is 2. The van der Waals surface area contributed by atoms with E-state index in [0.717, 1.165) is 25.3 Å². The molecule has 0 unspecified atom stereocenters. The second-order valence-electron chi connectivity index (χ2n) is 5.15. The van der Waals surface area contributed by atoms with Crippen LogP contribution < -0.4 is 10.5 Å². The second-order valence-corrected chi connectivity index (χ2v) is 5.15. The van der Waals surface area contributed by atoms with Crippen molar-refractivity contribution >= 4 is 5.84 Å². The molecule has 0 atom stereocenters. The van der Waals surface area contributed by atoms with Gasteiger partial charge < -0.3 is 10.5 Å². The molecule has 2 aromatic rings. The van der Waals surface area contributed by atoms with Gasteiger partial charge in [-0.15, -0.1) is 0 Å². The first-order valence-electron chi connectivity index (χ1n) is 7.13. The van der Waals surface area contributed by atoms with E-state index in [9.17, 15) is 0 Å². The monoisotopic (exact) mass is 281 g/mol. The molecule has 0 aliphatic carbocycles. The molecule has 3 rings (SSSR count). The molecule has 0 spiro atoms. The first-order chi connectivity index (χ1) is 10.3. The number of hydrogen-bond donors (Lipinski definition) is 1. The Bertz CT molecular complexity index is 625. The smallest absolute Gasteiger partial charge is 0.121 e. The minimum absolute atomic E-state index is 0.582. The van der Waals surface area contributed by atoms with Gasteiger partial charge >= 0.3 is 0 Å². The summed E-state index contributed by atoms with van der Waals surface area (Å²) in [6, 6.07) is 18.3. The summed E-state index contributed by atoms with van der Waals surface area (Å²) in [6.07, 6.45) is 0.851. The van der Waals surface area contributed by atoms with Crippen molar-refractivity contribution in [3.05, 3.63) is 65.7 Å². The Morgan fingerprint density at radius 3 is 2.62 bits per heavy atom. The van der Waals surface area contributed by atoms with Crippen LogP contribution in [0.15, 0.2) is 59.7 Å². The van der Waals surface area contributed by atoms with Crippen LogP contribution in [0.5, 0.6) is 5.75 Å². The highest BCUT2D eigenvalue weighted by Crippen LogP contribution is 2.18. The van der Waals surface area contributed by atoms with E-state index >= 15 is 0 Å². The Morgan fingerprint density at radius 1 is 1.05 bits per heavy atom. The van der Waals surface area contributed by atoms with Gasteiger partial charge in [-0.2, -0.15) is 5.10 Å². The van der Waals surface area contributed by atoms with Crippen molar-refractivity contribution in [3.8, 4) is 5.75 Å². The molecule has 2 aromatic carbocycles. The summed E-state index contributed by atoms with van der Waals surface area (Å²) in [5.74, 6) is 1.60. The molecular weight excluding hydrogens is 262 g/mol. The number of amidine groups is 1. The van der Waals surface area contributed by atoms with Gasteiger partial charge in [-0.1, -0.05) is 42.5 Å². The third kappa shape index (κ3) is 3.75.